The third kappa shape index (κ3) is 5.47. The minimum Gasteiger partial charge on any atom is -0.490 e. The highest BCUT2D eigenvalue weighted by Crippen LogP contribution is 2.26. The lowest BCUT2D eigenvalue weighted by atomic mass is 10.1. The van der Waals surface area contributed by atoms with Gasteiger partial charge in [0.1, 0.15) is 5.75 Å². The number of ether oxygens (including phenoxy) is 1. The van der Waals surface area contributed by atoms with E-state index in [-0.39, 0.29) is 12.0 Å². The van der Waals surface area contributed by atoms with Crippen molar-refractivity contribution in [3.05, 3.63) is 64.7 Å². The molecule has 1 saturated heterocycles. The molecule has 27 heavy (non-hydrogen) atoms. The van der Waals surface area contributed by atoms with Crippen LogP contribution in [0.1, 0.15) is 36.2 Å². The fourth-order valence-corrected chi connectivity index (χ4v) is 3.54. The van der Waals surface area contributed by atoms with E-state index < -0.39 is 0 Å². The van der Waals surface area contributed by atoms with Gasteiger partial charge in [-0.1, -0.05) is 41.9 Å². The summed E-state index contributed by atoms with van der Waals surface area (Å²) in [6.45, 7) is 8.14. The topological polar surface area (TPSA) is 32.8 Å². The van der Waals surface area contributed by atoms with E-state index in [9.17, 15) is 4.79 Å². The number of nitrogens with zero attached hydrogens (tertiary/aromatic N) is 2. The molecule has 0 spiro atoms. The number of rotatable bonds is 5. The van der Waals surface area contributed by atoms with Crippen LogP contribution in [0.5, 0.6) is 5.75 Å². The third-order valence-electron chi connectivity index (χ3n) is 4.66. The molecule has 0 bridgehead atoms. The number of hydrogen-bond donors (Lipinski definition) is 0. The molecule has 4 nitrogen and oxygen atoms in total. The van der Waals surface area contributed by atoms with Crippen molar-refractivity contribution in [3.8, 4) is 5.75 Å². The lowest BCUT2D eigenvalue weighted by Crippen LogP contribution is -2.35. The molecule has 1 fully saturated rings. The van der Waals surface area contributed by atoms with Crippen molar-refractivity contribution in [1.82, 2.24) is 9.80 Å². The smallest absolute Gasteiger partial charge is 0.257 e. The minimum absolute atomic E-state index is 0.00298. The van der Waals surface area contributed by atoms with E-state index in [1.165, 1.54) is 5.56 Å². The van der Waals surface area contributed by atoms with E-state index in [1.807, 2.05) is 24.8 Å². The molecule has 2 aromatic carbocycles. The molecule has 0 N–H and O–H groups in total. The monoisotopic (exact) mass is 386 g/mol. The molecule has 0 saturated carbocycles. The molecule has 0 aliphatic carbocycles. The average molecular weight is 387 g/mol. The molecule has 1 aliphatic heterocycles. The van der Waals surface area contributed by atoms with Gasteiger partial charge >= 0.3 is 0 Å². The molecule has 1 aliphatic rings. The van der Waals surface area contributed by atoms with Gasteiger partial charge in [0.25, 0.3) is 5.91 Å². The molecular weight excluding hydrogens is 360 g/mol. The summed E-state index contributed by atoms with van der Waals surface area (Å²) < 4.78 is 5.83. The number of hydrogen-bond acceptors (Lipinski definition) is 3. The van der Waals surface area contributed by atoms with Gasteiger partial charge in [-0.25, -0.2) is 0 Å². The number of amides is 1. The fourth-order valence-electron chi connectivity index (χ4n) is 3.37. The van der Waals surface area contributed by atoms with E-state index in [2.05, 4.69) is 29.2 Å². The second-order valence-corrected chi connectivity index (χ2v) is 7.65. The van der Waals surface area contributed by atoms with Gasteiger partial charge in [0, 0.05) is 37.7 Å². The Kier molecular flexibility index (Phi) is 6.75. The quantitative estimate of drug-likeness (QED) is 0.759. The van der Waals surface area contributed by atoms with Crippen molar-refractivity contribution in [2.24, 2.45) is 0 Å². The maximum Gasteiger partial charge on any atom is 0.257 e. The van der Waals surface area contributed by atoms with E-state index in [0.29, 0.717) is 22.9 Å². The molecule has 1 amide bonds. The van der Waals surface area contributed by atoms with Gasteiger partial charge < -0.3 is 9.64 Å². The van der Waals surface area contributed by atoms with Crippen molar-refractivity contribution in [1.29, 1.82) is 0 Å². The SMILES string of the molecule is CC(C)Oc1ccc(Cl)cc1C(=O)N1CCCN(Cc2ccccc2)CC1. The Balaban J connectivity index is 1.68. The molecule has 2 aromatic rings. The number of halogens is 1. The van der Waals surface area contributed by atoms with Crippen LogP contribution in [0.15, 0.2) is 48.5 Å². The first-order chi connectivity index (χ1) is 13.0. The molecule has 0 unspecified atom stereocenters. The molecule has 3 rings (SSSR count). The first-order valence-corrected chi connectivity index (χ1v) is 9.92. The van der Waals surface area contributed by atoms with Gasteiger partial charge in [-0.2, -0.15) is 0 Å². The van der Waals surface area contributed by atoms with Crippen molar-refractivity contribution < 1.29 is 9.53 Å². The molecule has 144 valence electrons. The van der Waals surface area contributed by atoms with E-state index in [0.717, 1.165) is 32.6 Å². The van der Waals surface area contributed by atoms with Gasteiger partial charge in [-0.3, -0.25) is 9.69 Å². The zero-order valence-corrected chi connectivity index (χ0v) is 16.8. The molecular formula is C22H27ClN2O2. The first kappa shape index (κ1) is 19.7. The van der Waals surface area contributed by atoms with Crippen LogP contribution in [0.25, 0.3) is 0 Å². The predicted molar refractivity (Wildman–Crippen MR) is 109 cm³/mol. The third-order valence-corrected chi connectivity index (χ3v) is 4.89. The Hall–Kier alpha value is -2.04. The first-order valence-electron chi connectivity index (χ1n) is 9.54. The Morgan fingerprint density at radius 3 is 2.59 bits per heavy atom. The zero-order valence-electron chi connectivity index (χ0n) is 16.0. The van der Waals surface area contributed by atoms with Crippen LogP contribution in [0.3, 0.4) is 0 Å². The normalized spacial score (nSPS) is 15.6. The molecule has 5 heteroatoms. The largest absolute Gasteiger partial charge is 0.490 e. The Morgan fingerprint density at radius 1 is 1.07 bits per heavy atom. The lowest BCUT2D eigenvalue weighted by molar-refractivity contribution is 0.0755. The van der Waals surface area contributed by atoms with Gasteiger partial charge in [-0.05, 0) is 44.0 Å². The van der Waals surface area contributed by atoms with Crippen molar-refractivity contribution in [3.63, 3.8) is 0 Å². The number of benzene rings is 2. The van der Waals surface area contributed by atoms with E-state index in [4.69, 9.17) is 16.3 Å². The average Bonchev–Trinajstić information content (AvgIpc) is 2.89. The minimum atomic E-state index is -0.00490. The Labute approximate surface area is 166 Å². The van der Waals surface area contributed by atoms with Crippen LogP contribution in [-0.4, -0.2) is 48.0 Å². The molecule has 1 heterocycles. The second kappa shape index (κ2) is 9.25. The van der Waals surface area contributed by atoms with Crippen LogP contribution >= 0.6 is 11.6 Å². The van der Waals surface area contributed by atoms with Crippen LogP contribution < -0.4 is 4.74 Å². The second-order valence-electron chi connectivity index (χ2n) is 7.21. The predicted octanol–water partition coefficient (Wildman–Crippen LogP) is 4.48. The Bertz CT molecular complexity index is 764. The van der Waals surface area contributed by atoms with Crippen LogP contribution in [-0.2, 0) is 6.54 Å². The van der Waals surface area contributed by atoms with Crippen molar-refractivity contribution >= 4 is 17.5 Å². The standard InChI is InChI=1S/C22H27ClN2O2/c1-17(2)27-21-10-9-19(23)15-20(21)22(26)25-12-6-11-24(13-14-25)16-18-7-4-3-5-8-18/h3-5,7-10,15,17H,6,11-14,16H2,1-2H3. The summed E-state index contributed by atoms with van der Waals surface area (Å²) >= 11 is 6.15. The van der Waals surface area contributed by atoms with Gasteiger partial charge in [0.15, 0.2) is 0 Å². The molecule has 0 atom stereocenters. The van der Waals surface area contributed by atoms with Gasteiger partial charge in [0.05, 0.1) is 11.7 Å². The Morgan fingerprint density at radius 2 is 1.85 bits per heavy atom. The van der Waals surface area contributed by atoms with Crippen molar-refractivity contribution in [2.75, 3.05) is 26.2 Å². The van der Waals surface area contributed by atoms with Crippen molar-refractivity contribution in [2.45, 2.75) is 32.9 Å². The molecule has 0 aromatic heterocycles. The van der Waals surface area contributed by atoms with Gasteiger partial charge in [0.2, 0.25) is 0 Å². The van der Waals surface area contributed by atoms with E-state index in [1.54, 1.807) is 18.2 Å². The van der Waals surface area contributed by atoms with Crippen LogP contribution in [0, 0.1) is 0 Å². The highest BCUT2D eigenvalue weighted by Gasteiger charge is 2.23. The van der Waals surface area contributed by atoms with Crippen LogP contribution in [0.2, 0.25) is 5.02 Å². The summed E-state index contributed by atoms with van der Waals surface area (Å²) in [5.41, 5.74) is 1.85. The summed E-state index contributed by atoms with van der Waals surface area (Å²) in [4.78, 5) is 17.5. The summed E-state index contributed by atoms with van der Waals surface area (Å²) in [5, 5.41) is 0.551. The number of carbonyl (C=O) groups is 1. The highest BCUT2D eigenvalue weighted by molar-refractivity contribution is 6.31. The summed E-state index contributed by atoms with van der Waals surface area (Å²) in [6, 6.07) is 15.7. The van der Waals surface area contributed by atoms with E-state index >= 15 is 0 Å². The highest BCUT2D eigenvalue weighted by atomic mass is 35.5. The lowest BCUT2D eigenvalue weighted by Gasteiger charge is -2.23. The zero-order chi connectivity index (χ0) is 19.2. The van der Waals surface area contributed by atoms with Crippen LogP contribution in [0.4, 0.5) is 0 Å². The summed E-state index contributed by atoms with van der Waals surface area (Å²) in [6.07, 6.45) is 0.961. The number of carbonyl (C=O) groups excluding carboxylic acids is 1. The fraction of sp³-hybridized carbons (Fsp3) is 0.409. The summed E-state index contributed by atoms with van der Waals surface area (Å²) in [7, 11) is 0. The molecule has 0 radical (unpaired) electrons. The maximum atomic E-state index is 13.1. The maximum absolute atomic E-state index is 13.1. The van der Waals surface area contributed by atoms with Gasteiger partial charge in [-0.15, -0.1) is 0 Å². The summed E-state index contributed by atoms with van der Waals surface area (Å²) in [5.74, 6) is 0.597.